The molecule has 102 valence electrons. The molecule has 0 bridgehead atoms. The molecule has 4 heteroatoms. The molecule has 1 aliphatic rings. The van der Waals surface area contributed by atoms with E-state index in [9.17, 15) is 10.2 Å². The maximum Gasteiger partial charge on any atom is 0.0897 e. The standard InChI is InChI=1S/C13H27NO3/c1-13(10-15,11-6-4-3-5-7-11)14-8-12(16)9-17-2/h11-12,14-16H,3-10H2,1-2H3. The lowest BCUT2D eigenvalue weighted by molar-refractivity contribution is 0.0401. The SMILES string of the molecule is COCC(O)CNC(C)(CO)C1CCCCC1. The molecule has 0 saturated heterocycles. The zero-order valence-electron chi connectivity index (χ0n) is 11.1. The van der Waals surface area contributed by atoms with E-state index in [4.69, 9.17) is 4.74 Å². The molecule has 1 aliphatic carbocycles. The lowest BCUT2D eigenvalue weighted by atomic mass is 9.76. The fourth-order valence-corrected chi connectivity index (χ4v) is 2.67. The third-order valence-corrected chi connectivity index (χ3v) is 3.94. The fourth-order valence-electron chi connectivity index (χ4n) is 2.67. The minimum atomic E-state index is -0.505. The van der Waals surface area contributed by atoms with Crippen molar-refractivity contribution in [2.24, 2.45) is 5.92 Å². The van der Waals surface area contributed by atoms with Gasteiger partial charge in [0.05, 0.1) is 19.3 Å². The number of ether oxygens (including phenoxy) is 1. The van der Waals surface area contributed by atoms with Crippen LogP contribution in [0.5, 0.6) is 0 Å². The van der Waals surface area contributed by atoms with Crippen LogP contribution in [0.2, 0.25) is 0 Å². The van der Waals surface area contributed by atoms with Crippen LogP contribution in [0.3, 0.4) is 0 Å². The molecule has 3 N–H and O–H groups in total. The second-order valence-corrected chi connectivity index (χ2v) is 5.40. The molecule has 17 heavy (non-hydrogen) atoms. The van der Waals surface area contributed by atoms with Crippen LogP contribution in [0, 0.1) is 5.92 Å². The first-order valence-corrected chi connectivity index (χ1v) is 6.65. The number of β-amino-alcohol motifs (C(OH)–C–C–N with tert-alkyl or cyclic N) is 1. The van der Waals surface area contributed by atoms with E-state index in [0.29, 0.717) is 19.1 Å². The average molecular weight is 245 g/mol. The molecule has 2 atom stereocenters. The smallest absolute Gasteiger partial charge is 0.0897 e. The third kappa shape index (κ3) is 4.54. The first kappa shape index (κ1) is 14.9. The molecular formula is C13H27NO3. The number of rotatable bonds is 7. The summed E-state index contributed by atoms with van der Waals surface area (Å²) >= 11 is 0. The van der Waals surface area contributed by atoms with Crippen molar-refractivity contribution in [3.05, 3.63) is 0 Å². The molecule has 0 aromatic carbocycles. The van der Waals surface area contributed by atoms with Gasteiger partial charge >= 0.3 is 0 Å². The summed E-state index contributed by atoms with van der Waals surface area (Å²) in [6.07, 6.45) is 5.65. The highest BCUT2D eigenvalue weighted by atomic mass is 16.5. The predicted octanol–water partition coefficient (Wildman–Crippen LogP) is 0.915. The van der Waals surface area contributed by atoms with Crippen molar-refractivity contribution >= 4 is 0 Å². The highest BCUT2D eigenvalue weighted by Crippen LogP contribution is 2.32. The van der Waals surface area contributed by atoms with Gasteiger partial charge in [-0.2, -0.15) is 0 Å². The van der Waals surface area contributed by atoms with E-state index in [2.05, 4.69) is 12.2 Å². The summed E-state index contributed by atoms with van der Waals surface area (Å²) in [6, 6.07) is 0. The second-order valence-electron chi connectivity index (χ2n) is 5.40. The van der Waals surface area contributed by atoms with Gasteiger partial charge in [0.1, 0.15) is 0 Å². The summed E-state index contributed by atoms with van der Waals surface area (Å²) in [5, 5.41) is 22.6. The summed E-state index contributed by atoms with van der Waals surface area (Å²) in [7, 11) is 1.58. The van der Waals surface area contributed by atoms with Crippen molar-refractivity contribution in [3.63, 3.8) is 0 Å². The molecule has 0 heterocycles. The van der Waals surface area contributed by atoms with Crippen LogP contribution in [-0.2, 0) is 4.74 Å². The van der Waals surface area contributed by atoms with Crippen molar-refractivity contribution in [3.8, 4) is 0 Å². The summed E-state index contributed by atoms with van der Waals surface area (Å²) in [4.78, 5) is 0. The Morgan fingerprint density at radius 1 is 1.35 bits per heavy atom. The Morgan fingerprint density at radius 3 is 2.53 bits per heavy atom. The molecule has 4 nitrogen and oxygen atoms in total. The van der Waals surface area contributed by atoms with Gasteiger partial charge in [-0.05, 0) is 25.7 Å². The van der Waals surface area contributed by atoms with Crippen LogP contribution in [0.15, 0.2) is 0 Å². The highest BCUT2D eigenvalue weighted by Gasteiger charge is 2.34. The van der Waals surface area contributed by atoms with E-state index in [1.165, 1.54) is 32.1 Å². The number of methoxy groups -OCH3 is 1. The Hall–Kier alpha value is -0.160. The Balaban J connectivity index is 2.43. The highest BCUT2D eigenvalue weighted by molar-refractivity contribution is 4.91. The molecule has 1 saturated carbocycles. The van der Waals surface area contributed by atoms with E-state index in [-0.39, 0.29) is 12.1 Å². The van der Waals surface area contributed by atoms with Gasteiger partial charge in [-0.3, -0.25) is 0 Å². The first-order valence-electron chi connectivity index (χ1n) is 6.65. The Morgan fingerprint density at radius 2 is 2.00 bits per heavy atom. The number of aliphatic hydroxyl groups is 2. The Labute approximate surface area is 104 Å². The first-order chi connectivity index (χ1) is 8.12. The van der Waals surface area contributed by atoms with Gasteiger partial charge in [0.2, 0.25) is 0 Å². The lowest BCUT2D eigenvalue weighted by Crippen LogP contribution is -2.54. The largest absolute Gasteiger partial charge is 0.394 e. The second kappa shape index (κ2) is 7.31. The summed E-state index contributed by atoms with van der Waals surface area (Å²) in [5.74, 6) is 0.510. The monoisotopic (exact) mass is 245 g/mol. The molecule has 0 spiro atoms. The van der Waals surface area contributed by atoms with Gasteiger partial charge in [0.25, 0.3) is 0 Å². The third-order valence-electron chi connectivity index (χ3n) is 3.94. The van der Waals surface area contributed by atoms with Crippen LogP contribution in [-0.4, -0.2) is 48.7 Å². The number of nitrogens with one attached hydrogen (secondary N) is 1. The van der Waals surface area contributed by atoms with Gasteiger partial charge in [0, 0.05) is 19.2 Å². The molecule has 0 amide bonds. The van der Waals surface area contributed by atoms with Crippen molar-refractivity contribution in [2.45, 2.75) is 50.7 Å². The average Bonchev–Trinajstić information content (AvgIpc) is 2.37. The quantitative estimate of drug-likeness (QED) is 0.624. The Kier molecular flexibility index (Phi) is 6.41. The van der Waals surface area contributed by atoms with Gasteiger partial charge in [-0.25, -0.2) is 0 Å². The molecule has 0 radical (unpaired) electrons. The van der Waals surface area contributed by atoms with Crippen LogP contribution in [0.25, 0.3) is 0 Å². The fraction of sp³-hybridized carbons (Fsp3) is 1.00. The molecule has 1 rings (SSSR count). The van der Waals surface area contributed by atoms with Crippen molar-refractivity contribution in [2.75, 3.05) is 26.9 Å². The van der Waals surface area contributed by atoms with Crippen LogP contribution < -0.4 is 5.32 Å². The molecule has 0 aliphatic heterocycles. The van der Waals surface area contributed by atoms with Gasteiger partial charge in [-0.15, -0.1) is 0 Å². The topological polar surface area (TPSA) is 61.7 Å². The van der Waals surface area contributed by atoms with Crippen molar-refractivity contribution in [1.82, 2.24) is 5.32 Å². The lowest BCUT2D eigenvalue weighted by Gasteiger charge is -2.40. The molecule has 0 aromatic rings. The van der Waals surface area contributed by atoms with Crippen LogP contribution in [0.4, 0.5) is 0 Å². The van der Waals surface area contributed by atoms with E-state index in [1.54, 1.807) is 7.11 Å². The molecule has 2 unspecified atom stereocenters. The van der Waals surface area contributed by atoms with Crippen LogP contribution >= 0.6 is 0 Å². The van der Waals surface area contributed by atoms with E-state index >= 15 is 0 Å². The van der Waals surface area contributed by atoms with Crippen LogP contribution in [0.1, 0.15) is 39.0 Å². The predicted molar refractivity (Wildman–Crippen MR) is 68.0 cm³/mol. The van der Waals surface area contributed by atoms with Gasteiger partial charge < -0.3 is 20.3 Å². The Bertz CT molecular complexity index is 207. The summed E-state index contributed by atoms with van der Waals surface area (Å²) in [5.41, 5.74) is -0.269. The van der Waals surface area contributed by atoms with Crippen molar-refractivity contribution in [1.29, 1.82) is 0 Å². The molecule has 0 aromatic heterocycles. The zero-order chi connectivity index (χ0) is 12.7. The van der Waals surface area contributed by atoms with Gasteiger partial charge in [0.15, 0.2) is 0 Å². The zero-order valence-corrected chi connectivity index (χ0v) is 11.1. The number of hydrogen-bond acceptors (Lipinski definition) is 4. The van der Waals surface area contributed by atoms with E-state index < -0.39 is 6.10 Å². The number of hydrogen-bond donors (Lipinski definition) is 3. The summed E-state index contributed by atoms with van der Waals surface area (Å²) < 4.78 is 4.90. The molecule has 1 fully saturated rings. The summed E-state index contributed by atoms with van der Waals surface area (Å²) in [6.45, 7) is 2.99. The molecular weight excluding hydrogens is 218 g/mol. The normalized spacial score (nSPS) is 23.3. The maximum atomic E-state index is 9.64. The van der Waals surface area contributed by atoms with Gasteiger partial charge in [-0.1, -0.05) is 19.3 Å². The van der Waals surface area contributed by atoms with E-state index in [0.717, 1.165) is 0 Å². The van der Waals surface area contributed by atoms with Crippen molar-refractivity contribution < 1.29 is 14.9 Å². The minimum Gasteiger partial charge on any atom is -0.394 e. The van der Waals surface area contributed by atoms with E-state index in [1.807, 2.05) is 0 Å². The minimum absolute atomic E-state index is 0.122. The number of aliphatic hydroxyl groups excluding tert-OH is 2. The maximum absolute atomic E-state index is 9.64.